The molecule has 20 heavy (non-hydrogen) atoms. The zero-order chi connectivity index (χ0) is 15.6. The van der Waals surface area contributed by atoms with Gasteiger partial charge in [-0.1, -0.05) is 13.8 Å². The highest BCUT2D eigenvalue weighted by Gasteiger charge is 2.34. The van der Waals surface area contributed by atoms with E-state index in [2.05, 4.69) is 19.2 Å². The Bertz CT molecular complexity index is 395. The first-order chi connectivity index (χ1) is 9.08. The van der Waals surface area contributed by atoms with Crippen LogP contribution in [0.5, 0.6) is 0 Å². The van der Waals surface area contributed by atoms with Gasteiger partial charge in [0.1, 0.15) is 0 Å². The predicted octanol–water partition coefficient (Wildman–Crippen LogP) is 3.25. The summed E-state index contributed by atoms with van der Waals surface area (Å²) in [7, 11) is -0.989. The summed E-state index contributed by atoms with van der Waals surface area (Å²) >= 11 is 0. The standard InChI is InChI=1S/C16H33NO2S/c1-12(2)13-7-8-15(17-6)14(11-13)9-10-20(18,19)16(3,4)5/h12-15,17H,7-11H2,1-6H3. The first-order valence-corrected chi connectivity index (χ1v) is 9.63. The minimum atomic E-state index is -2.99. The first kappa shape index (κ1) is 18.0. The number of rotatable bonds is 5. The molecule has 3 unspecified atom stereocenters. The first-order valence-electron chi connectivity index (χ1n) is 7.98. The second kappa shape index (κ2) is 6.78. The van der Waals surface area contributed by atoms with E-state index in [0.717, 1.165) is 12.3 Å². The highest BCUT2D eigenvalue weighted by molar-refractivity contribution is 7.92. The molecule has 0 aromatic rings. The topological polar surface area (TPSA) is 46.2 Å². The molecule has 1 aliphatic carbocycles. The molecular weight excluding hydrogens is 270 g/mol. The fourth-order valence-corrected chi connectivity index (χ4v) is 4.44. The van der Waals surface area contributed by atoms with Crippen LogP contribution in [0, 0.1) is 17.8 Å². The summed E-state index contributed by atoms with van der Waals surface area (Å²) in [5.41, 5.74) is 0. The van der Waals surface area contributed by atoms with E-state index in [4.69, 9.17) is 0 Å². The van der Waals surface area contributed by atoms with Crippen molar-refractivity contribution in [3.63, 3.8) is 0 Å². The molecule has 3 atom stereocenters. The Labute approximate surface area is 125 Å². The number of hydrogen-bond acceptors (Lipinski definition) is 3. The van der Waals surface area contributed by atoms with Crippen LogP contribution in [-0.2, 0) is 9.84 Å². The molecule has 1 saturated carbocycles. The average molecular weight is 304 g/mol. The van der Waals surface area contributed by atoms with Gasteiger partial charge in [-0.05, 0) is 71.3 Å². The molecule has 0 aromatic carbocycles. The van der Waals surface area contributed by atoms with Crippen LogP contribution in [0.15, 0.2) is 0 Å². The largest absolute Gasteiger partial charge is 0.317 e. The number of sulfone groups is 1. The summed E-state index contributed by atoms with van der Waals surface area (Å²) in [5.74, 6) is 2.28. The molecule has 0 heterocycles. The molecule has 1 fully saturated rings. The lowest BCUT2D eigenvalue weighted by Gasteiger charge is -2.38. The third-order valence-electron chi connectivity index (χ3n) is 5.03. The van der Waals surface area contributed by atoms with Crippen molar-refractivity contribution >= 4 is 9.84 Å². The fraction of sp³-hybridized carbons (Fsp3) is 1.00. The van der Waals surface area contributed by atoms with Crippen LogP contribution in [0.4, 0.5) is 0 Å². The maximum atomic E-state index is 12.3. The van der Waals surface area contributed by atoms with Gasteiger partial charge in [0.05, 0.1) is 10.5 Å². The second-order valence-electron chi connectivity index (χ2n) is 7.69. The van der Waals surface area contributed by atoms with E-state index >= 15 is 0 Å². The SMILES string of the molecule is CNC1CCC(C(C)C)CC1CCS(=O)(=O)C(C)(C)C. The lowest BCUT2D eigenvalue weighted by atomic mass is 9.73. The molecule has 120 valence electrons. The average Bonchev–Trinajstić information content (AvgIpc) is 2.34. The second-order valence-corrected chi connectivity index (χ2v) is 10.6. The molecular formula is C16H33NO2S. The summed E-state index contributed by atoms with van der Waals surface area (Å²) < 4.78 is 23.9. The lowest BCUT2D eigenvalue weighted by Crippen LogP contribution is -2.41. The molecule has 1 N–H and O–H groups in total. The minimum absolute atomic E-state index is 0.324. The summed E-state index contributed by atoms with van der Waals surface area (Å²) in [6.45, 7) is 9.97. The molecule has 0 amide bonds. The van der Waals surface area contributed by atoms with Gasteiger partial charge in [-0.2, -0.15) is 0 Å². The van der Waals surface area contributed by atoms with Crippen molar-refractivity contribution in [2.75, 3.05) is 12.8 Å². The van der Waals surface area contributed by atoms with Crippen molar-refractivity contribution in [2.45, 2.75) is 71.1 Å². The Hall–Kier alpha value is -0.0900. The Balaban J connectivity index is 2.68. The molecule has 1 aliphatic rings. The van der Waals surface area contributed by atoms with Crippen LogP contribution in [0.1, 0.15) is 60.3 Å². The van der Waals surface area contributed by atoms with E-state index in [9.17, 15) is 8.42 Å². The Morgan fingerprint density at radius 1 is 1.20 bits per heavy atom. The van der Waals surface area contributed by atoms with Crippen LogP contribution >= 0.6 is 0 Å². The molecule has 1 rings (SSSR count). The molecule has 0 spiro atoms. The molecule has 3 nitrogen and oxygen atoms in total. The van der Waals surface area contributed by atoms with Gasteiger partial charge in [-0.3, -0.25) is 0 Å². The summed E-state index contributed by atoms with van der Waals surface area (Å²) in [4.78, 5) is 0. The summed E-state index contributed by atoms with van der Waals surface area (Å²) in [6.07, 6.45) is 4.42. The van der Waals surface area contributed by atoms with Gasteiger partial charge < -0.3 is 5.32 Å². The Morgan fingerprint density at radius 3 is 2.25 bits per heavy atom. The van der Waals surface area contributed by atoms with Crippen molar-refractivity contribution in [2.24, 2.45) is 17.8 Å². The lowest BCUT2D eigenvalue weighted by molar-refractivity contribution is 0.170. The van der Waals surface area contributed by atoms with Gasteiger partial charge in [0.15, 0.2) is 9.84 Å². The van der Waals surface area contributed by atoms with E-state index in [-0.39, 0.29) is 0 Å². The molecule has 0 radical (unpaired) electrons. The van der Waals surface area contributed by atoms with Crippen molar-refractivity contribution in [1.82, 2.24) is 5.32 Å². The molecule has 4 heteroatoms. The Morgan fingerprint density at radius 2 is 1.80 bits per heavy atom. The van der Waals surface area contributed by atoms with E-state index in [1.165, 1.54) is 19.3 Å². The third-order valence-corrected chi connectivity index (χ3v) is 7.67. The Kier molecular flexibility index (Phi) is 6.09. The van der Waals surface area contributed by atoms with Crippen molar-refractivity contribution in [3.8, 4) is 0 Å². The molecule has 0 aliphatic heterocycles. The maximum Gasteiger partial charge on any atom is 0.155 e. The van der Waals surface area contributed by atoms with Crippen molar-refractivity contribution < 1.29 is 8.42 Å². The van der Waals surface area contributed by atoms with Crippen LogP contribution in [-0.4, -0.2) is 32.0 Å². The van der Waals surface area contributed by atoms with Crippen LogP contribution < -0.4 is 5.32 Å². The van der Waals surface area contributed by atoms with Gasteiger partial charge >= 0.3 is 0 Å². The predicted molar refractivity (Wildman–Crippen MR) is 86.7 cm³/mol. The van der Waals surface area contributed by atoms with Gasteiger partial charge in [0.25, 0.3) is 0 Å². The summed E-state index contributed by atoms with van der Waals surface area (Å²) in [6, 6.07) is 0.486. The van der Waals surface area contributed by atoms with Crippen molar-refractivity contribution in [3.05, 3.63) is 0 Å². The van der Waals surface area contributed by atoms with Gasteiger partial charge in [0, 0.05) is 6.04 Å². The molecule has 0 aromatic heterocycles. The van der Waals surface area contributed by atoms with Gasteiger partial charge in [-0.15, -0.1) is 0 Å². The molecule has 0 saturated heterocycles. The van der Waals surface area contributed by atoms with E-state index in [1.54, 1.807) is 20.8 Å². The quantitative estimate of drug-likeness (QED) is 0.848. The smallest absolute Gasteiger partial charge is 0.155 e. The van der Waals surface area contributed by atoms with Crippen LogP contribution in [0.2, 0.25) is 0 Å². The van der Waals surface area contributed by atoms with Crippen molar-refractivity contribution in [1.29, 1.82) is 0 Å². The van der Waals surface area contributed by atoms with Gasteiger partial charge in [-0.25, -0.2) is 8.42 Å². The monoisotopic (exact) mass is 303 g/mol. The van der Waals surface area contributed by atoms with E-state index < -0.39 is 14.6 Å². The normalized spacial score (nSPS) is 28.9. The van der Waals surface area contributed by atoms with Gasteiger partial charge in [0.2, 0.25) is 0 Å². The highest BCUT2D eigenvalue weighted by atomic mass is 32.2. The van der Waals surface area contributed by atoms with E-state index in [1.807, 2.05) is 7.05 Å². The van der Waals surface area contributed by atoms with Crippen LogP contribution in [0.25, 0.3) is 0 Å². The minimum Gasteiger partial charge on any atom is -0.317 e. The third kappa shape index (κ3) is 4.45. The van der Waals surface area contributed by atoms with Crippen LogP contribution in [0.3, 0.4) is 0 Å². The number of hydrogen-bond donors (Lipinski definition) is 1. The van der Waals surface area contributed by atoms with E-state index in [0.29, 0.717) is 23.6 Å². The maximum absolute atomic E-state index is 12.3. The summed E-state index contributed by atoms with van der Waals surface area (Å²) in [5, 5.41) is 3.39. The fourth-order valence-electron chi connectivity index (χ4n) is 3.22. The zero-order valence-electron chi connectivity index (χ0n) is 14.1. The zero-order valence-corrected chi connectivity index (χ0v) is 14.9. The molecule has 0 bridgehead atoms. The number of nitrogens with one attached hydrogen (secondary N) is 1. The highest BCUT2D eigenvalue weighted by Crippen LogP contribution is 2.36.